The van der Waals surface area contributed by atoms with Crippen molar-refractivity contribution in [2.24, 2.45) is 0 Å². The zero-order valence-corrected chi connectivity index (χ0v) is 14.0. The van der Waals surface area contributed by atoms with Gasteiger partial charge >= 0.3 is 0 Å². The number of nitrogens with one attached hydrogen (secondary N) is 1. The van der Waals surface area contributed by atoms with E-state index in [2.05, 4.69) is 17.3 Å². The lowest BCUT2D eigenvalue weighted by Gasteiger charge is -2.35. The lowest BCUT2D eigenvalue weighted by atomic mass is 9.99. The third kappa shape index (κ3) is 4.26. The second-order valence-corrected chi connectivity index (χ2v) is 6.43. The summed E-state index contributed by atoms with van der Waals surface area (Å²) in [6.45, 7) is 1.65. The van der Waals surface area contributed by atoms with Gasteiger partial charge in [-0.2, -0.15) is 0 Å². The van der Waals surface area contributed by atoms with Crippen molar-refractivity contribution >= 4 is 24.0 Å². The topological polar surface area (TPSA) is 24.5 Å². The molecule has 2 heterocycles. The predicted octanol–water partition coefficient (Wildman–Crippen LogP) is 3.36. The van der Waals surface area contributed by atoms with Crippen molar-refractivity contribution in [3.8, 4) is 5.75 Å². The summed E-state index contributed by atoms with van der Waals surface area (Å²) < 4.78 is 5.78. The summed E-state index contributed by atoms with van der Waals surface area (Å²) >= 11 is 6.09. The van der Waals surface area contributed by atoms with Crippen LogP contribution in [0.15, 0.2) is 24.3 Å². The highest BCUT2D eigenvalue weighted by molar-refractivity contribution is 6.32. The second-order valence-electron chi connectivity index (χ2n) is 6.02. The van der Waals surface area contributed by atoms with E-state index >= 15 is 0 Å². The third-order valence-corrected chi connectivity index (χ3v) is 4.92. The van der Waals surface area contributed by atoms with Gasteiger partial charge in [0.15, 0.2) is 0 Å². The first-order valence-electron chi connectivity index (χ1n) is 7.56. The maximum atomic E-state index is 6.09. The highest BCUT2D eigenvalue weighted by Crippen LogP contribution is 2.29. The van der Waals surface area contributed by atoms with E-state index in [4.69, 9.17) is 16.3 Å². The van der Waals surface area contributed by atoms with Crippen molar-refractivity contribution < 1.29 is 4.74 Å². The third-order valence-electron chi connectivity index (χ3n) is 4.61. The standard InChI is InChI=1S/C16H23ClN2O.ClH/c1-19(14-10-12-6-7-13(11-14)18-12)8-9-20-16-5-3-2-4-15(16)17;/h2-5,12-14,18H,6-11H2,1H3;1H. The first kappa shape index (κ1) is 16.9. The molecule has 0 saturated carbocycles. The molecule has 2 unspecified atom stereocenters. The fourth-order valence-corrected chi connectivity index (χ4v) is 3.62. The molecule has 2 aliphatic rings. The van der Waals surface area contributed by atoms with E-state index in [9.17, 15) is 0 Å². The van der Waals surface area contributed by atoms with Gasteiger partial charge in [-0.25, -0.2) is 0 Å². The number of piperidine rings is 1. The summed E-state index contributed by atoms with van der Waals surface area (Å²) in [5.41, 5.74) is 0. The van der Waals surface area contributed by atoms with Gasteiger partial charge in [0, 0.05) is 24.7 Å². The van der Waals surface area contributed by atoms with Gasteiger partial charge in [-0.15, -0.1) is 12.4 Å². The van der Waals surface area contributed by atoms with Gasteiger partial charge in [-0.3, -0.25) is 4.90 Å². The molecule has 2 saturated heterocycles. The highest BCUT2D eigenvalue weighted by Gasteiger charge is 2.34. The van der Waals surface area contributed by atoms with Gasteiger partial charge in [-0.1, -0.05) is 23.7 Å². The number of hydrogen-bond donors (Lipinski definition) is 1. The first-order valence-corrected chi connectivity index (χ1v) is 7.94. The smallest absolute Gasteiger partial charge is 0.137 e. The van der Waals surface area contributed by atoms with Crippen molar-refractivity contribution in [1.82, 2.24) is 10.2 Å². The Kier molecular flexibility index (Phi) is 6.18. The Labute approximate surface area is 138 Å². The fourth-order valence-electron chi connectivity index (χ4n) is 3.43. The number of rotatable bonds is 5. The summed E-state index contributed by atoms with van der Waals surface area (Å²) in [5.74, 6) is 0.785. The number of para-hydroxylation sites is 1. The molecule has 118 valence electrons. The van der Waals surface area contributed by atoms with E-state index < -0.39 is 0 Å². The van der Waals surface area contributed by atoms with Crippen LogP contribution >= 0.6 is 24.0 Å². The van der Waals surface area contributed by atoms with Crippen LogP contribution in [0.5, 0.6) is 5.75 Å². The molecule has 0 spiro atoms. The van der Waals surface area contributed by atoms with E-state index in [1.807, 2.05) is 24.3 Å². The Morgan fingerprint density at radius 3 is 2.57 bits per heavy atom. The number of halogens is 2. The zero-order valence-electron chi connectivity index (χ0n) is 12.4. The molecule has 0 radical (unpaired) electrons. The summed E-state index contributed by atoms with van der Waals surface area (Å²) in [4.78, 5) is 2.45. The van der Waals surface area contributed by atoms with Crippen molar-refractivity contribution in [1.29, 1.82) is 0 Å². The number of fused-ring (bicyclic) bond motifs is 2. The minimum Gasteiger partial charge on any atom is -0.491 e. The number of likely N-dealkylation sites (N-methyl/N-ethyl adjacent to an activating group) is 1. The van der Waals surface area contributed by atoms with Crippen LogP contribution < -0.4 is 10.1 Å². The molecule has 1 aromatic rings. The number of ether oxygens (including phenoxy) is 1. The lowest BCUT2D eigenvalue weighted by Crippen LogP contribution is -2.47. The fraction of sp³-hybridized carbons (Fsp3) is 0.625. The zero-order chi connectivity index (χ0) is 13.9. The van der Waals surface area contributed by atoms with E-state index in [1.54, 1.807) is 0 Å². The molecule has 21 heavy (non-hydrogen) atoms. The van der Waals surface area contributed by atoms with Crippen LogP contribution in [0.2, 0.25) is 5.02 Å². The molecule has 2 fully saturated rings. The van der Waals surface area contributed by atoms with E-state index in [0.717, 1.165) is 24.4 Å². The van der Waals surface area contributed by atoms with Gasteiger partial charge in [0.1, 0.15) is 12.4 Å². The van der Waals surface area contributed by atoms with Crippen molar-refractivity contribution in [3.63, 3.8) is 0 Å². The maximum absolute atomic E-state index is 6.09. The molecular weight excluding hydrogens is 307 g/mol. The van der Waals surface area contributed by atoms with Gasteiger partial charge in [0.2, 0.25) is 0 Å². The Morgan fingerprint density at radius 1 is 1.24 bits per heavy atom. The molecule has 2 bridgehead atoms. The SMILES string of the molecule is CN(CCOc1ccccc1Cl)C1CC2CCC(C1)N2.Cl. The van der Waals surface area contributed by atoms with Crippen LogP contribution in [-0.4, -0.2) is 43.2 Å². The molecular formula is C16H24Cl2N2O. The summed E-state index contributed by atoms with van der Waals surface area (Å²) in [7, 11) is 2.21. The van der Waals surface area contributed by atoms with E-state index in [-0.39, 0.29) is 12.4 Å². The Bertz CT molecular complexity index is 446. The molecule has 3 nitrogen and oxygen atoms in total. The summed E-state index contributed by atoms with van der Waals surface area (Å²) in [6.07, 6.45) is 5.26. The molecule has 2 aliphatic heterocycles. The number of nitrogens with zero attached hydrogens (tertiary/aromatic N) is 1. The van der Waals surface area contributed by atoms with Gasteiger partial charge in [-0.05, 0) is 44.9 Å². The minimum absolute atomic E-state index is 0. The van der Waals surface area contributed by atoms with Crippen LogP contribution in [0.3, 0.4) is 0 Å². The Balaban J connectivity index is 0.00000161. The van der Waals surface area contributed by atoms with Crippen molar-refractivity contribution in [2.45, 2.75) is 43.8 Å². The van der Waals surface area contributed by atoms with Crippen LogP contribution in [0.1, 0.15) is 25.7 Å². The highest BCUT2D eigenvalue weighted by atomic mass is 35.5. The van der Waals surface area contributed by atoms with Crippen LogP contribution in [-0.2, 0) is 0 Å². The van der Waals surface area contributed by atoms with Gasteiger partial charge < -0.3 is 10.1 Å². The molecule has 0 aliphatic carbocycles. The van der Waals surface area contributed by atoms with Crippen molar-refractivity contribution in [2.75, 3.05) is 20.2 Å². The molecule has 2 atom stereocenters. The van der Waals surface area contributed by atoms with Crippen LogP contribution in [0.25, 0.3) is 0 Å². The van der Waals surface area contributed by atoms with Gasteiger partial charge in [0.25, 0.3) is 0 Å². The van der Waals surface area contributed by atoms with Crippen molar-refractivity contribution in [3.05, 3.63) is 29.3 Å². The quantitative estimate of drug-likeness (QED) is 0.895. The molecule has 0 amide bonds. The summed E-state index contributed by atoms with van der Waals surface area (Å²) in [5, 5.41) is 4.38. The Hall–Kier alpha value is -0.480. The summed E-state index contributed by atoms with van der Waals surface area (Å²) in [6, 6.07) is 9.85. The minimum atomic E-state index is 0. The van der Waals surface area contributed by atoms with E-state index in [1.165, 1.54) is 25.7 Å². The predicted molar refractivity (Wildman–Crippen MR) is 89.8 cm³/mol. The lowest BCUT2D eigenvalue weighted by molar-refractivity contribution is 0.147. The Morgan fingerprint density at radius 2 is 1.90 bits per heavy atom. The van der Waals surface area contributed by atoms with Gasteiger partial charge in [0.05, 0.1) is 5.02 Å². The number of benzene rings is 1. The average molecular weight is 331 g/mol. The monoisotopic (exact) mass is 330 g/mol. The second kappa shape index (κ2) is 7.68. The largest absolute Gasteiger partial charge is 0.491 e. The molecule has 0 aromatic heterocycles. The normalized spacial score (nSPS) is 27.5. The molecule has 5 heteroatoms. The number of hydrogen-bond acceptors (Lipinski definition) is 3. The average Bonchev–Trinajstić information content (AvgIpc) is 2.79. The van der Waals surface area contributed by atoms with E-state index in [0.29, 0.717) is 17.7 Å². The van der Waals surface area contributed by atoms with Crippen LogP contribution in [0.4, 0.5) is 0 Å². The molecule has 3 rings (SSSR count). The first-order chi connectivity index (χ1) is 9.72. The molecule has 1 N–H and O–H groups in total. The molecule has 1 aromatic carbocycles. The van der Waals surface area contributed by atoms with Crippen LogP contribution in [0, 0.1) is 0 Å². The maximum Gasteiger partial charge on any atom is 0.137 e.